The zero-order chi connectivity index (χ0) is 13.2. The molecule has 19 heavy (non-hydrogen) atoms. The van der Waals surface area contributed by atoms with Gasteiger partial charge in [-0.05, 0) is 36.1 Å². The highest BCUT2D eigenvalue weighted by Crippen LogP contribution is 2.29. The standard InChI is InChI=1S/C16H16ClNO/c1-19-16-10-13(6-7-15(16)17)18-14-8-11-4-2-3-5-12(11)9-14/h2-7,10,14,18H,8-9H2,1H3. The van der Waals surface area contributed by atoms with E-state index in [1.165, 1.54) is 11.1 Å². The second-order valence-electron chi connectivity index (χ2n) is 4.87. The second-order valence-corrected chi connectivity index (χ2v) is 5.27. The van der Waals surface area contributed by atoms with Gasteiger partial charge in [0.25, 0.3) is 0 Å². The Morgan fingerprint density at radius 2 is 1.79 bits per heavy atom. The largest absolute Gasteiger partial charge is 0.495 e. The van der Waals surface area contributed by atoms with Crippen LogP contribution in [0.25, 0.3) is 0 Å². The molecule has 3 rings (SSSR count). The van der Waals surface area contributed by atoms with Crippen LogP contribution in [0.2, 0.25) is 5.02 Å². The molecule has 0 unspecified atom stereocenters. The monoisotopic (exact) mass is 273 g/mol. The van der Waals surface area contributed by atoms with Crippen LogP contribution in [0.4, 0.5) is 5.69 Å². The van der Waals surface area contributed by atoms with Gasteiger partial charge in [-0.2, -0.15) is 0 Å². The molecule has 3 heteroatoms. The summed E-state index contributed by atoms with van der Waals surface area (Å²) in [6, 6.07) is 14.9. The maximum Gasteiger partial charge on any atom is 0.139 e. The van der Waals surface area contributed by atoms with Crippen LogP contribution in [0.3, 0.4) is 0 Å². The average molecular weight is 274 g/mol. The fraction of sp³-hybridized carbons (Fsp3) is 0.250. The summed E-state index contributed by atoms with van der Waals surface area (Å²) in [7, 11) is 1.64. The van der Waals surface area contributed by atoms with Gasteiger partial charge in [0.05, 0.1) is 12.1 Å². The predicted molar refractivity (Wildman–Crippen MR) is 79.3 cm³/mol. The summed E-state index contributed by atoms with van der Waals surface area (Å²) >= 11 is 6.03. The lowest BCUT2D eigenvalue weighted by Gasteiger charge is -2.15. The van der Waals surface area contributed by atoms with E-state index in [0.717, 1.165) is 18.5 Å². The third-order valence-electron chi connectivity index (χ3n) is 3.57. The highest BCUT2D eigenvalue weighted by molar-refractivity contribution is 6.32. The van der Waals surface area contributed by atoms with Crippen LogP contribution >= 0.6 is 11.6 Å². The van der Waals surface area contributed by atoms with Crippen molar-refractivity contribution in [3.05, 3.63) is 58.6 Å². The van der Waals surface area contributed by atoms with Gasteiger partial charge in [-0.1, -0.05) is 35.9 Å². The van der Waals surface area contributed by atoms with E-state index in [1.807, 2.05) is 18.2 Å². The second kappa shape index (κ2) is 5.14. The first kappa shape index (κ1) is 12.4. The van der Waals surface area contributed by atoms with Crippen molar-refractivity contribution < 1.29 is 4.74 Å². The van der Waals surface area contributed by atoms with Gasteiger partial charge >= 0.3 is 0 Å². The molecule has 1 N–H and O–H groups in total. The third-order valence-corrected chi connectivity index (χ3v) is 3.89. The molecule has 0 radical (unpaired) electrons. The van der Waals surface area contributed by atoms with E-state index in [2.05, 4.69) is 29.6 Å². The zero-order valence-corrected chi connectivity index (χ0v) is 11.6. The highest BCUT2D eigenvalue weighted by atomic mass is 35.5. The van der Waals surface area contributed by atoms with Gasteiger partial charge < -0.3 is 10.1 Å². The summed E-state index contributed by atoms with van der Waals surface area (Å²) in [6.07, 6.45) is 2.14. The van der Waals surface area contributed by atoms with Gasteiger partial charge in [0, 0.05) is 17.8 Å². The minimum absolute atomic E-state index is 0.447. The van der Waals surface area contributed by atoms with Crippen molar-refractivity contribution in [3.63, 3.8) is 0 Å². The summed E-state index contributed by atoms with van der Waals surface area (Å²) in [5, 5.41) is 4.19. The van der Waals surface area contributed by atoms with E-state index >= 15 is 0 Å². The van der Waals surface area contributed by atoms with Crippen LogP contribution in [0, 0.1) is 0 Å². The summed E-state index contributed by atoms with van der Waals surface area (Å²) in [5.41, 5.74) is 3.95. The Hall–Kier alpha value is -1.67. The maximum absolute atomic E-state index is 6.03. The molecular weight excluding hydrogens is 258 g/mol. The van der Waals surface area contributed by atoms with Crippen LogP contribution in [0.1, 0.15) is 11.1 Å². The number of anilines is 1. The molecule has 0 spiro atoms. The number of nitrogens with one attached hydrogen (secondary N) is 1. The lowest BCUT2D eigenvalue weighted by atomic mass is 10.1. The molecule has 2 aromatic rings. The van der Waals surface area contributed by atoms with Gasteiger partial charge in [-0.25, -0.2) is 0 Å². The molecule has 2 aromatic carbocycles. The highest BCUT2D eigenvalue weighted by Gasteiger charge is 2.20. The summed E-state index contributed by atoms with van der Waals surface area (Å²) in [4.78, 5) is 0. The van der Waals surface area contributed by atoms with Crippen LogP contribution in [0.15, 0.2) is 42.5 Å². The van der Waals surface area contributed by atoms with Gasteiger partial charge in [0.15, 0.2) is 0 Å². The molecule has 0 fully saturated rings. The van der Waals surface area contributed by atoms with Crippen molar-refractivity contribution in [2.24, 2.45) is 0 Å². The third kappa shape index (κ3) is 2.54. The van der Waals surface area contributed by atoms with E-state index in [0.29, 0.717) is 16.8 Å². The van der Waals surface area contributed by atoms with Gasteiger partial charge in [-0.3, -0.25) is 0 Å². The molecule has 1 aliphatic carbocycles. The molecule has 2 nitrogen and oxygen atoms in total. The van der Waals surface area contributed by atoms with Crippen LogP contribution in [-0.4, -0.2) is 13.2 Å². The van der Waals surface area contributed by atoms with Crippen molar-refractivity contribution in [3.8, 4) is 5.75 Å². The maximum atomic E-state index is 6.03. The van der Waals surface area contributed by atoms with E-state index in [9.17, 15) is 0 Å². The van der Waals surface area contributed by atoms with E-state index in [-0.39, 0.29) is 0 Å². The quantitative estimate of drug-likeness (QED) is 0.915. The first-order valence-electron chi connectivity index (χ1n) is 6.43. The number of hydrogen-bond acceptors (Lipinski definition) is 2. The number of methoxy groups -OCH3 is 1. The van der Waals surface area contributed by atoms with Crippen LogP contribution in [-0.2, 0) is 12.8 Å². The first-order valence-corrected chi connectivity index (χ1v) is 6.81. The van der Waals surface area contributed by atoms with Crippen molar-refractivity contribution in [2.45, 2.75) is 18.9 Å². The van der Waals surface area contributed by atoms with Crippen LogP contribution in [0.5, 0.6) is 5.75 Å². The minimum Gasteiger partial charge on any atom is -0.495 e. The van der Waals surface area contributed by atoms with Gasteiger partial charge in [0.1, 0.15) is 5.75 Å². The molecule has 0 aliphatic heterocycles. The Morgan fingerprint density at radius 3 is 2.42 bits per heavy atom. The number of fused-ring (bicyclic) bond motifs is 1. The normalized spacial score (nSPS) is 14.2. The van der Waals surface area contributed by atoms with E-state index < -0.39 is 0 Å². The Labute approximate surface area is 118 Å². The van der Waals surface area contributed by atoms with Crippen molar-refractivity contribution in [1.82, 2.24) is 0 Å². The molecule has 98 valence electrons. The number of rotatable bonds is 3. The summed E-state index contributed by atoms with van der Waals surface area (Å²) in [5.74, 6) is 0.710. The Morgan fingerprint density at radius 1 is 1.11 bits per heavy atom. The fourth-order valence-electron chi connectivity index (χ4n) is 2.65. The Bertz CT molecular complexity index is 572. The van der Waals surface area contributed by atoms with E-state index in [1.54, 1.807) is 7.11 Å². The van der Waals surface area contributed by atoms with E-state index in [4.69, 9.17) is 16.3 Å². The average Bonchev–Trinajstić information content (AvgIpc) is 2.83. The SMILES string of the molecule is COc1cc(NC2Cc3ccccc3C2)ccc1Cl. The zero-order valence-electron chi connectivity index (χ0n) is 10.8. The molecule has 0 saturated heterocycles. The number of ether oxygens (including phenoxy) is 1. The summed E-state index contributed by atoms with van der Waals surface area (Å²) in [6.45, 7) is 0. The fourth-order valence-corrected chi connectivity index (χ4v) is 2.84. The smallest absolute Gasteiger partial charge is 0.139 e. The molecule has 1 aliphatic rings. The van der Waals surface area contributed by atoms with Crippen molar-refractivity contribution >= 4 is 17.3 Å². The van der Waals surface area contributed by atoms with Gasteiger partial charge in [0.2, 0.25) is 0 Å². The first-order chi connectivity index (χ1) is 9.26. The minimum atomic E-state index is 0.447. The number of hydrogen-bond donors (Lipinski definition) is 1. The lowest BCUT2D eigenvalue weighted by molar-refractivity contribution is 0.415. The van der Waals surface area contributed by atoms with Crippen LogP contribution < -0.4 is 10.1 Å². The molecule has 0 atom stereocenters. The molecule has 0 heterocycles. The van der Waals surface area contributed by atoms with Crippen molar-refractivity contribution in [1.29, 1.82) is 0 Å². The number of benzene rings is 2. The topological polar surface area (TPSA) is 21.3 Å². The molecule has 0 saturated carbocycles. The molecule has 0 bridgehead atoms. The number of halogens is 1. The lowest BCUT2D eigenvalue weighted by Crippen LogP contribution is -2.19. The van der Waals surface area contributed by atoms with Crippen molar-refractivity contribution in [2.75, 3.05) is 12.4 Å². The molecule has 0 aromatic heterocycles. The molecule has 0 amide bonds. The molecular formula is C16H16ClNO. The van der Waals surface area contributed by atoms with Gasteiger partial charge in [-0.15, -0.1) is 0 Å². The summed E-state index contributed by atoms with van der Waals surface area (Å²) < 4.78 is 5.24. The Balaban J connectivity index is 1.74. The Kier molecular flexibility index (Phi) is 3.34. The predicted octanol–water partition coefficient (Wildman–Crippen LogP) is 3.93.